The Labute approximate surface area is 223 Å². The molecular weight excluding hydrogens is 489 g/mol. The highest BCUT2D eigenvalue weighted by molar-refractivity contribution is 5.68. The van der Waals surface area contributed by atoms with Crippen molar-refractivity contribution in [2.45, 2.75) is 91.2 Å². The zero-order valence-electron chi connectivity index (χ0n) is 23.6. The fourth-order valence-electron chi connectivity index (χ4n) is 4.67. The van der Waals surface area contributed by atoms with E-state index in [1.54, 1.807) is 17.9 Å². The Morgan fingerprint density at radius 1 is 1.13 bits per heavy atom. The molecule has 3 aromatic heterocycles. The van der Waals surface area contributed by atoms with Gasteiger partial charge in [0.1, 0.15) is 11.4 Å². The monoisotopic (exact) mass is 527 g/mol. The van der Waals surface area contributed by atoms with Crippen molar-refractivity contribution >= 4 is 17.7 Å². The quantitative estimate of drug-likeness (QED) is 0.468. The van der Waals surface area contributed by atoms with Gasteiger partial charge >= 0.3 is 6.09 Å². The van der Waals surface area contributed by atoms with Crippen molar-refractivity contribution in [3.8, 4) is 0 Å². The van der Waals surface area contributed by atoms with Gasteiger partial charge in [-0.05, 0) is 73.4 Å². The van der Waals surface area contributed by atoms with E-state index in [1.165, 1.54) is 6.07 Å². The van der Waals surface area contributed by atoms with Crippen LogP contribution >= 0.6 is 0 Å². The maximum atomic E-state index is 14.9. The summed E-state index contributed by atoms with van der Waals surface area (Å²) in [5, 5.41) is 11.9. The number of pyridine rings is 1. The number of rotatable bonds is 5. The van der Waals surface area contributed by atoms with Crippen molar-refractivity contribution in [3.05, 3.63) is 47.1 Å². The minimum atomic E-state index is -0.571. The third-order valence-corrected chi connectivity index (χ3v) is 6.51. The van der Waals surface area contributed by atoms with Gasteiger partial charge in [-0.2, -0.15) is 10.1 Å². The lowest BCUT2D eigenvalue weighted by molar-refractivity contribution is 0.0157. The molecular formula is C27H38FN7O3. The van der Waals surface area contributed by atoms with Crippen molar-refractivity contribution < 1.29 is 18.4 Å². The lowest BCUT2D eigenvalue weighted by Gasteiger charge is -2.40. The number of carbonyl (C=O) groups is 1. The maximum Gasteiger partial charge on any atom is 0.410 e. The molecule has 0 saturated carbocycles. The normalized spacial score (nSPS) is 16.0. The first-order chi connectivity index (χ1) is 17.6. The summed E-state index contributed by atoms with van der Waals surface area (Å²) in [7, 11) is 0. The third-order valence-electron chi connectivity index (χ3n) is 6.51. The number of ether oxygens (including phenoxy) is 1. The van der Waals surface area contributed by atoms with E-state index >= 15 is 0 Å². The summed E-state index contributed by atoms with van der Waals surface area (Å²) in [4.78, 5) is 23.6. The van der Waals surface area contributed by atoms with Gasteiger partial charge < -0.3 is 19.5 Å². The lowest BCUT2D eigenvalue weighted by Crippen LogP contribution is -2.48. The van der Waals surface area contributed by atoms with Crippen LogP contribution in [0.25, 0.3) is 0 Å². The van der Waals surface area contributed by atoms with Crippen LogP contribution in [0.2, 0.25) is 0 Å². The number of aryl methyl sites for hydroxylation is 2. The molecule has 1 aliphatic heterocycles. The predicted octanol–water partition coefficient (Wildman–Crippen LogP) is 5.43. The Kier molecular flexibility index (Phi) is 7.24. The van der Waals surface area contributed by atoms with Crippen LogP contribution in [0.4, 0.5) is 20.8 Å². The third kappa shape index (κ3) is 6.14. The highest BCUT2D eigenvalue weighted by atomic mass is 19.1. The van der Waals surface area contributed by atoms with Crippen molar-refractivity contribution in [2.75, 3.05) is 18.4 Å². The second kappa shape index (κ2) is 9.99. The topological polar surface area (TPSA) is 111 Å². The fourth-order valence-corrected chi connectivity index (χ4v) is 4.67. The number of nitrogens with one attached hydrogen (secondary N) is 1. The van der Waals surface area contributed by atoms with Gasteiger partial charge in [-0.15, -0.1) is 0 Å². The molecule has 1 aliphatic rings. The number of hydrogen-bond donors (Lipinski definition) is 1. The Morgan fingerprint density at radius 3 is 2.39 bits per heavy atom. The Balaban J connectivity index is 1.60. The number of piperidine rings is 1. The summed E-state index contributed by atoms with van der Waals surface area (Å²) in [5.74, 6) is 1.36. The number of hydrogen-bond acceptors (Lipinski definition) is 8. The first-order valence-electron chi connectivity index (χ1n) is 12.9. The van der Waals surface area contributed by atoms with Gasteiger partial charge in [-0.1, -0.05) is 5.16 Å². The Bertz CT molecular complexity index is 1290. The molecule has 1 amide bonds. The summed E-state index contributed by atoms with van der Waals surface area (Å²) in [5.41, 5.74) is 0.108. The molecule has 10 nitrogen and oxygen atoms in total. The minimum absolute atomic E-state index is 0.124. The van der Waals surface area contributed by atoms with Gasteiger partial charge in [0.2, 0.25) is 5.89 Å². The Morgan fingerprint density at radius 2 is 1.82 bits per heavy atom. The molecule has 4 heterocycles. The number of likely N-dealkylation sites (tertiary alicyclic amines) is 1. The second-order valence-corrected chi connectivity index (χ2v) is 12.1. The molecule has 0 aliphatic carbocycles. The van der Waals surface area contributed by atoms with Crippen LogP contribution in [0.15, 0.2) is 22.7 Å². The maximum absolute atomic E-state index is 14.9. The second-order valence-electron chi connectivity index (χ2n) is 12.1. The Hall–Kier alpha value is -3.50. The standard InChI is InChI=1S/C27H38FN7O3/c1-17-15-21(35(32-17)25(3,4)5)31-22-20(28)10-9-19(30-22)16-27(23-29-18(2)38-33-23)11-13-34(14-12-27)24(36)37-26(6,7)8/h9-10,15H,11-14,16H2,1-8H3,(H,30,31). The number of carbonyl (C=O) groups excluding carboxylic acids is 1. The SMILES string of the molecule is Cc1cc(Nc2nc(CC3(c4noc(C)n4)CCN(C(=O)OC(C)(C)C)CC3)ccc2F)n(C(C)(C)C)n1. The molecule has 0 aromatic carbocycles. The van der Waals surface area contributed by atoms with Crippen LogP contribution < -0.4 is 5.32 Å². The number of halogens is 1. The van der Waals surface area contributed by atoms with Crippen molar-refractivity contribution in [1.29, 1.82) is 0 Å². The molecule has 11 heteroatoms. The number of nitrogens with zero attached hydrogens (tertiary/aromatic N) is 6. The molecule has 1 fully saturated rings. The van der Waals surface area contributed by atoms with Gasteiger partial charge in [0.25, 0.3) is 0 Å². The van der Waals surface area contributed by atoms with E-state index in [1.807, 2.05) is 59.2 Å². The van der Waals surface area contributed by atoms with Crippen LogP contribution in [0.1, 0.15) is 77.5 Å². The van der Waals surface area contributed by atoms with Crippen molar-refractivity contribution in [2.24, 2.45) is 0 Å². The number of aromatic nitrogens is 5. The largest absolute Gasteiger partial charge is 0.444 e. The van der Waals surface area contributed by atoms with Gasteiger partial charge in [-0.3, -0.25) is 0 Å². The summed E-state index contributed by atoms with van der Waals surface area (Å²) >= 11 is 0. The highest BCUT2D eigenvalue weighted by Crippen LogP contribution is 2.38. The summed E-state index contributed by atoms with van der Waals surface area (Å²) in [6.45, 7) is 16.2. The zero-order chi connectivity index (χ0) is 27.9. The van der Waals surface area contributed by atoms with Gasteiger partial charge in [0.15, 0.2) is 17.5 Å². The summed E-state index contributed by atoms with van der Waals surface area (Å²) in [6, 6.07) is 4.97. The van der Waals surface area contributed by atoms with Crippen LogP contribution in [0.3, 0.4) is 0 Å². The summed E-state index contributed by atoms with van der Waals surface area (Å²) in [6.07, 6.45) is 1.29. The van der Waals surface area contributed by atoms with Crippen LogP contribution in [-0.4, -0.2) is 54.6 Å². The highest BCUT2D eigenvalue weighted by Gasteiger charge is 2.42. The number of anilines is 2. The van der Waals surface area contributed by atoms with E-state index in [9.17, 15) is 9.18 Å². The van der Waals surface area contributed by atoms with E-state index in [0.717, 1.165) is 5.69 Å². The van der Waals surface area contributed by atoms with E-state index in [0.29, 0.717) is 55.6 Å². The molecule has 0 spiro atoms. The molecule has 0 radical (unpaired) electrons. The molecule has 4 rings (SSSR count). The fraction of sp³-hybridized carbons (Fsp3) is 0.593. The van der Waals surface area contributed by atoms with Crippen LogP contribution in [0.5, 0.6) is 0 Å². The first-order valence-corrected chi connectivity index (χ1v) is 12.9. The van der Waals surface area contributed by atoms with E-state index in [4.69, 9.17) is 9.26 Å². The van der Waals surface area contributed by atoms with Gasteiger partial charge in [0.05, 0.1) is 11.2 Å². The predicted molar refractivity (Wildman–Crippen MR) is 141 cm³/mol. The van der Waals surface area contributed by atoms with Crippen molar-refractivity contribution in [1.82, 2.24) is 29.8 Å². The molecule has 0 unspecified atom stereocenters. The first kappa shape index (κ1) is 27.5. The van der Waals surface area contributed by atoms with Crippen LogP contribution in [0, 0.1) is 19.7 Å². The van der Waals surface area contributed by atoms with Crippen molar-refractivity contribution in [3.63, 3.8) is 0 Å². The molecule has 38 heavy (non-hydrogen) atoms. The molecule has 0 bridgehead atoms. The van der Waals surface area contributed by atoms with Crippen LogP contribution in [-0.2, 0) is 22.1 Å². The summed E-state index contributed by atoms with van der Waals surface area (Å²) < 4.78 is 27.6. The molecule has 1 saturated heterocycles. The smallest absolute Gasteiger partial charge is 0.410 e. The molecule has 0 atom stereocenters. The van der Waals surface area contributed by atoms with Gasteiger partial charge in [-0.25, -0.2) is 18.9 Å². The molecule has 206 valence electrons. The average molecular weight is 528 g/mol. The molecule has 3 aromatic rings. The van der Waals surface area contributed by atoms with E-state index in [-0.39, 0.29) is 17.5 Å². The van der Waals surface area contributed by atoms with E-state index in [2.05, 4.69) is 25.5 Å². The lowest BCUT2D eigenvalue weighted by atomic mass is 9.74. The van der Waals surface area contributed by atoms with E-state index < -0.39 is 16.8 Å². The average Bonchev–Trinajstić information content (AvgIpc) is 3.41. The number of amides is 1. The van der Waals surface area contributed by atoms with Gasteiger partial charge in [0, 0.05) is 43.6 Å². The minimum Gasteiger partial charge on any atom is -0.444 e. The zero-order valence-corrected chi connectivity index (χ0v) is 23.6. The molecule has 1 N–H and O–H groups in total.